The third-order valence-corrected chi connectivity index (χ3v) is 5.71. The van der Waals surface area contributed by atoms with E-state index in [4.69, 9.17) is 9.47 Å². The lowest BCUT2D eigenvalue weighted by Gasteiger charge is -2.40. The molecule has 0 radical (unpaired) electrons. The Morgan fingerprint density at radius 1 is 0.966 bits per heavy atom. The van der Waals surface area contributed by atoms with Gasteiger partial charge in [-0.2, -0.15) is 0 Å². The second-order valence-corrected chi connectivity index (χ2v) is 8.09. The summed E-state index contributed by atoms with van der Waals surface area (Å²) in [5.41, 5.74) is 2.84. The standard InChI is InChI=1S/C22H27BrO6/c1-2-28-16-8-4-13(5-9-16)3-6-14-11-15(23)7-10-17(14)22-21(27)20(26)19(25)18(12-24)29-22/h4-5,7-11,18-22,24-27H,2-3,6,12H2,1H3/t18-,19-,20+,21-,22+/m1/s1. The first-order chi connectivity index (χ1) is 13.9. The smallest absolute Gasteiger partial charge is 0.119 e. The summed E-state index contributed by atoms with van der Waals surface area (Å²) in [4.78, 5) is 0. The molecule has 0 aliphatic carbocycles. The van der Waals surface area contributed by atoms with Gasteiger partial charge in [0, 0.05) is 4.47 Å². The lowest BCUT2D eigenvalue weighted by atomic mass is 9.88. The predicted octanol–water partition coefficient (Wildman–Crippen LogP) is 2.15. The van der Waals surface area contributed by atoms with E-state index < -0.39 is 37.1 Å². The van der Waals surface area contributed by atoms with Crippen LogP contribution < -0.4 is 4.74 Å². The molecule has 3 rings (SSSR count). The molecule has 158 valence electrons. The Labute approximate surface area is 178 Å². The van der Waals surface area contributed by atoms with Crippen molar-refractivity contribution in [2.75, 3.05) is 13.2 Å². The van der Waals surface area contributed by atoms with Crippen LogP contribution in [-0.2, 0) is 17.6 Å². The maximum Gasteiger partial charge on any atom is 0.119 e. The summed E-state index contributed by atoms with van der Waals surface area (Å²) in [6.07, 6.45) is -4.36. The second kappa shape index (κ2) is 10.0. The lowest BCUT2D eigenvalue weighted by Crippen LogP contribution is -2.55. The van der Waals surface area contributed by atoms with E-state index in [9.17, 15) is 20.4 Å². The maximum absolute atomic E-state index is 10.5. The van der Waals surface area contributed by atoms with Crippen molar-refractivity contribution >= 4 is 15.9 Å². The van der Waals surface area contributed by atoms with E-state index in [1.54, 1.807) is 0 Å². The largest absolute Gasteiger partial charge is 0.494 e. The van der Waals surface area contributed by atoms with E-state index in [1.807, 2.05) is 49.4 Å². The first-order valence-electron chi connectivity index (χ1n) is 9.75. The van der Waals surface area contributed by atoms with Gasteiger partial charge < -0.3 is 29.9 Å². The summed E-state index contributed by atoms with van der Waals surface area (Å²) in [5.74, 6) is 0.834. The van der Waals surface area contributed by atoms with Crippen LogP contribution in [0, 0.1) is 0 Å². The molecular weight excluding hydrogens is 440 g/mol. The molecule has 0 aromatic heterocycles. The molecule has 6 nitrogen and oxygen atoms in total. The zero-order valence-corrected chi connectivity index (χ0v) is 17.8. The third kappa shape index (κ3) is 5.17. The van der Waals surface area contributed by atoms with Crippen LogP contribution >= 0.6 is 15.9 Å². The molecule has 1 fully saturated rings. The summed E-state index contributed by atoms with van der Waals surface area (Å²) in [5, 5.41) is 40.1. The van der Waals surface area contributed by atoms with Gasteiger partial charge in [-0.25, -0.2) is 0 Å². The average molecular weight is 467 g/mol. The SMILES string of the molecule is CCOc1ccc(CCc2cc(Br)ccc2[C@@H]2O[C@H](CO)[C@@H](O)[C@H](O)[C@H]2O)cc1. The highest BCUT2D eigenvalue weighted by Crippen LogP contribution is 2.35. The minimum Gasteiger partial charge on any atom is -0.494 e. The fourth-order valence-electron chi connectivity index (χ4n) is 3.63. The van der Waals surface area contributed by atoms with E-state index in [0.717, 1.165) is 33.3 Å². The summed E-state index contributed by atoms with van der Waals surface area (Å²) < 4.78 is 12.1. The molecule has 0 amide bonds. The maximum atomic E-state index is 10.5. The highest BCUT2D eigenvalue weighted by atomic mass is 79.9. The summed E-state index contributed by atoms with van der Waals surface area (Å²) >= 11 is 3.49. The van der Waals surface area contributed by atoms with Crippen LogP contribution in [0.5, 0.6) is 5.75 Å². The molecule has 2 aromatic rings. The molecule has 1 aliphatic heterocycles. The first kappa shape index (κ1) is 22.2. The molecule has 7 heteroatoms. The Balaban J connectivity index is 1.80. The van der Waals surface area contributed by atoms with Crippen molar-refractivity contribution in [3.05, 3.63) is 63.6 Å². The van der Waals surface area contributed by atoms with Crippen LogP contribution in [0.2, 0.25) is 0 Å². The van der Waals surface area contributed by atoms with Gasteiger partial charge in [-0.15, -0.1) is 0 Å². The Morgan fingerprint density at radius 3 is 2.34 bits per heavy atom. The van der Waals surface area contributed by atoms with Crippen LogP contribution in [-0.4, -0.2) is 58.1 Å². The molecule has 0 saturated carbocycles. The van der Waals surface area contributed by atoms with Crippen LogP contribution in [0.25, 0.3) is 0 Å². The number of hydrogen-bond acceptors (Lipinski definition) is 6. The Hall–Kier alpha value is -1.48. The van der Waals surface area contributed by atoms with Crippen LogP contribution in [0.15, 0.2) is 46.9 Å². The van der Waals surface area contributed by atoms with Crippen molar-refractivity contribution in [1.29, 1.82) is 0 Å². The fraction of sp³-hybridized carbons (Fsp3) is 0.455. The van der Waals surface area contributed by atoms with Gasteiger partial charge >= 0.3 is 0 Å². The normalized spacial score (nSPS) is 27.0. The van der Waals surface area contributed by atoms with Crippen LogP contribution in [0.3, 0.4) is 0 Å². The number of benzene rings is 2. The highest BCUT2D eigenvalue weighted by molar-refractivity contribution is 9.10. The number of ether oxygens (including phenoxy) is 2. The molecule has 0 bridgehead atoms. The van der Waals surface area contributed by atoms with E-state index in [-0.39, 0.29) is 0 Å². The van der Waals surface area contributed by atoms with Gasteiger partial charge in [0.05, 0.1) is 13.2 Å². The van der Waals surface area contributed by atoms with Gasteiger partial charge in [0.2, 0.25) is 0 Å². The minimum absolute atomic E-state index is 0.445. The average Bonchev–Trinajstić information content (AvgIpc) is 2.72. The monoisotopic (exact) mass is 466 g/mol. The molecule has 29 heavy (non-hydrogen) atoms. The molecular formula is C22H27BrO6. The van der Waals surface area contributed by atoms with Crippen molar-refractivity contribution < 1.29 is 29.9 Å². The minimum atomic E-state index is -1.39. The summed E-state index contributed by atoms with van der Waals surface area (Å²) in [7, 11) is 0. The van der Waals surface area contributed by atoms with E-state index in [2.05, 4.69) is 15.9 Å². The fourth-order valence-corrected chi connectivity index (χ4v) is 4.03. The van der Waals surface area contributed by atoms with Crippen molar-refractivity contribution in [3.8, 4) is 5.75 Å². The van der Waals surface area contributed by atoms with E-state index in [1.165, 1.54) is 0 Å². The van der Waals surface area contributed by atoms with Crippen molar-refractivity contribution in [3.63, 3.8) is 0 Å². The molecule has 1 heterocycles. The van der Waals surface area contributed by atoms with Crippen LogP contribution in [0.4, 0.5) is 0 Å². The van der Waals surface area contributed by atoms with Crippen molar-refractivity contribution in [2.45, 2.75) is 50.3 Å². The molecule has 1 aliphatic rings. The molecule has 5 atom stereocenters. The molecule has 4 N–H and O–H groups in total. The highest BCUT2D eigenvalue weighted by Gasteiger charge is 2.44. The molecule has 2 aromatic carbocycles. The number of rotatable bonds is 7. The van der Waals surface area contributed by atoms with Crippen LogP contribution in [0.1, 0.15) is 29.7 Å². The Kier molecular flexibility index (Phi) is 7.67. The van der Waals surface area contributed by atoms with Gasteiger partial charge in [-0.1, -0.05) is 34.1 Å². The van der Waals surface area contributed by atoms with Gasteiger partial charge in [0.25, 0.3) is 0 Å². The van der Waals surface area contributed by atoms with E-state index >= 15 is 0 Å². The zero-order valence-electron chi connectivity index (χ0n) is 16.2. The number of aryl methyl sites for hydroxylation is 2. The van der Waals surface area contributed by atoms with Gasteiger partial charge in [-0.3, -0.25) is 0 Å². The van der Waals surface area contributed by atoms with Gasteiger partial charge in [0.15, 0.2) is 0 Å². The van der Waals surface area contributed by atoms with Crippen molar-refractivity contribution in [1.82, 2.24) is 0 Å². The third-order valence-electron chi connectivity index (χ3n) is 5.22. The van der Waals surface area contributed by atoms with E-state index in [0.29, 0.717) is 13.0 Å². The number of halogens is 1. The van der Waals surface area contributed by atoms with Gasteiger partial charge in [-0.05, 0) is 60.7 Å². The number of aliphatic hydroxyl groups excluding tert-OH is 4. The second-order valence-electron chi connectivity index (χ2n) is 7.17. The zero-order chi connectivity index (χ0) is 21.0. The first-order valence-corrected chi connectivity index (χ1v) is 10.5. The molecule has 0 spiro atoms. The quantitative estimate of drug-likeness (QED) is 0.498. The summed E-state index contributed by atoms with van der Waals surface area (Å²) in [6.45, 7) is 2.13. The predicted molar refractivity (Wildman–Crippen MR) is 112 cm³/mol. The molecule has 1 saturated heterocycles. The number of aliphatic hydroxyl groups is 4. The topological polar surface area (TPSA) is 99.4 Å². The lowest BCUT2D eigenvalue weighted by molar-refractivity contribution is -0.231. The number of hydrogen-bond donors (Lipinski definition) is 4. The van der Waals surface area contributed by atoms with Gasteiger partial charge in [0.1, 0.15) is 36.3 Å². The Bertz CT molecular complexity index is 794. The summed E-state index contributed by atoms with van der Waals surface area (Å²) in [6, 6.07) is 13.6. The molecule has 0 unspecified atom stereocenters. The van der Waals surface area contributed by atoms with Crippen molar-refractivity contribution in [2.24, 2.45) is 0 Å². The Morgan fingerprint density at radius 2 is 1.69 bits per heavy atom.